The fourth-order valence-electron chi connectivity index (χ4n) is 4.97. The van der Waals surface area contributed by atoms with Crippen molar-refractivity contribution in [1.29, 1.82) is 0 Å². The smallest absolute Gasteiger partial charge is 0.106 e. The molecule has 0 saturated carbocycles. The summed E-state index contributed by atoms with van der Waals surface area (Å²) in [6.07, 6.45) is 1.36. The maximum Gasteiger partial charge on any atom is 0.106 e. The average molecular weight is 333 g/mol. The molecule has 0 unspecified atom stereocenters. The Morgan fingerprint density at radius 3 is 2.60 bits per heavy atom. The number of benzene rings is 2. The molecule has 1 fully saturated rings. The van der Waals surface area contributed by atoms with Crippen LogP contribution in [0.1, 0.15) is 23.6 Å². The molecule has 4 atom stereocenters. The summed E-state index contributed by atoms with van der Waals surface area (Å²) >= 11 is 0. The number of hydrogen-bond acceptors (Lipinski definition) is 3. The SMILES string of the molecule is CO[C@@H]1C2=C(c3ccccc3N(C)[C@H]1c1ccccc1)[C@H]1CCO[C@@H]21. The van der Waals surface area contributed by atoms with Crippen LogP contribution in [0.3, 0.4) is 0 Å². The summed E-state index contributed by atoms with van der Waals surface area (Å²) in [4.78, 5) is 2.38. The van der Waals surface area contributed by atoms with Gasteiger partial charge in [-0.3, -0.25) is 0 Å². The summed E-state index contributed by atoms with van der Waals surface area (Å²) in [5.41, 5.74) is 6.74. The van der Waals surface area contributed by atoms with Crippen molar-refractivity contribution in [2.75, 3.05) is 25.7 Å². The molecular weight excluding hydrogens is 310 g/mol. The predicted octanol–water partition coefficient (Wildman–Crippen LogP) is 4.07. The minimum absolute atomic E-state index is 0.00847. The van der Waals surface area contributed by atoms with Crippen LogP contribution in [0.4, 0.5) is 5.69 Å². The van der Waals surface area contributed by atoms with Gasteiger partial charge in [0.05, 0.1) is 12.1 Å². The van der Waals surface area contributed by atoms with Gasteiger partial charge in [0.2, 0.25) is 0 Å². The highest BCUT2D eigenvalue weighted by Crippen LogP contribution is 2.56. The van der Waals surface area contributed by atoms with Crippen molar-refractivity contribution in [3.05, 3.63) is 71.3 Å². The molecule has 3 heteroatoms. The lowest BCUT2D eigenvalue weighted by Gasteiger charge is -2.41. The van der Waals surface area contributed by atoms with E-state index in [1.807, 2.05) is 7.11 Å². The van der Waals surface area contributed by atoms with E-state index < -0.39 is 0 Å². The van der Waals surface area contributed by atoms with Gasteiger partial charge in [0.1, 0.15) is 6.10 Å². The summed E-state index contributed by atoms with van der Waals surface area (Å²) in [5, 5.41) is 0. The molecule has 3 aliphatic rings. The van der Waals surface area contributed by atoms with Gasteiger partial charge in [-0.1, -0.05) is 48.5 Å². The first-order chi connectivity index (χ1) is 12.3. The van der Waals surface area contributed by atoms with Crippen LogP contribution in [-0.2, 0) is 9.47 Å². The summed E-state index contributed by atoms with van der Waals surface area (Å²) < 4.78 is 12.2. The zero-order chi connectivity index (χ0) is 17.0. The summed E-state index contributed by atoms with van der Waals surface area (Å²) in [5.74, 6) is 0.525. The molecule has 128 valence electrons. The molecule has 5 rings (SSSR count). The lowest BCUT2D eigenvalue weighted by Crippen LogP contribution is -2.43. The minimum Gasteiger partial charge on any atom is -0.374 e. The van der Waals surface area contributed by atoms with Gasteiger partial charge in [-0.25, -0.2) is 0 Å². The fourth-order valence-corrected chi connectivity index (χ4v) is 4.97. The number of fused-ring (bicyclic) bond motifs is 5. The molecule has 1 saturated heterocycles. The van der Waals surface area contributed by atoms with Gasteiger partial charge in [-0.15, -0.1) is 0 Å². The molecule has 2 aromatic rings. The Bertz CT molecular complexity index is 829. The molecule has 0 N–H and O–H groups in total. The van der Waals surface area contributed by atoms with Gasteiger partial charge < -0.3 is 14.4 Å². The molecule has 2 heterocycles. The van der Waals surface area contributed by atoms with Crippen LogP contribution in [0.5, 0.6) is 0 Å². The normalized spacial score (nSPS) is 30.2. The third-order valence-corrected chi connectivity index (χ3v) is 6.06. The number of hydrogen-bond donors (Lipinski definition) is 0. The first kappa shape index (κ1) is 15.2. The zero-order valence-corrected chi connectivity index (χ0v) is 14.7. The van der Waals surface area contributed by atoms with Crippen LogP contribution in [0, 0.1) is 5.92 Å². The van der Waals surface area contributed by atoms with Crippen molar-refractivity contribution in [2.24, 2.45) is 5.92 Å². The third-order valence-electron chi connectivity index (χ3n) is 6.06. The summed E-state index contributed by atoms with van der Waals surface area (Å²) in [6, 6.07) is 19.6. The minimum atomic E-state index is 0.00847. The van der Waals surface area contributed by atoms with Crippen LogP contribution < -0.4 is 4.90 Å². The van der Waals surface area contributed by atoms with Crippen molar-refractivity contribution in [1.82, 2.24) is 0 Å². The van der Waals surface area contributed by atoms with Crippen molar-refractivity contribution in [2.45, 2.75) is 24.7 Å². The Labute approximate surface area is 148 Å². The zero-order valence-electron chi connectivity index (χ0n) is 14.7. The van der Waals surface area contributed by atoms with Gasteiger partial charge in [-0.05, 0) is 29.2 Å². The van der Waals surface area contributed by atoms with Crippen molar-refractivity contribution in [3.63, 3.8) is 0 Å². The molecule has 2 aromatic carbocycles. The number of nitrogens with zero attached hydrogens (tertiary/aromatic N) is 1. The third kappa shape index (κ3) is 2.06. The maximum atomic E-state index is 6.10. The summed E-state index contributed by atoms with van der Waals surface area (Å²) in [7, 11) is 4.02. The van der Waals surface area contributed by atoms with E-state index in [9.17, 15) is 0 Å². The number of rotatable bonds is 2. The fraction of sp³-hybridized carbons (Fsp3) is 0.364. The molecule has 25 heavy (non-hydrogen) atoms. The topological polar surface area (TPSA) is 21.7 Å². The van der Waals surface area contributed by atoms with E-state index in [4.69, 9.17) is 9.47 Å². The van der Waals surface area contributed by atoms with E-state index in [-0.39, 0.29) is 18.2 Å². The van der Waals surface area contributed by atoms with E-state index in [0.717, 1.165) is 13.0 Å². The molecule has 0 aromatic heterocycles. The first-order valence-electron chi connectivity index (χ1n) is 9.06. The van der Waals surface area contributed by atoms with Crippen LogP contribution in [0.2, 0.25) is 0 Å². The van der Waals surface area contributed by atoms with Crippen LogP contribution in [0.25, 0.3) is 5.57 Å². The highest BCUT2D eigenvalue weighted by atomic mass is 16.5. The molecular formula is C22H23NO2. The quantitative estimate of drug-likeness (QED) is 0.827. The Balaban J connectivity index is 1.74. The van der Waals surface area contributed by atoms with E-state index in [0.29, 0.717) is 5.92 Å². The van der Waals surface area contributed by atoms with E-state index in [1.165, 1.54) is 28.0 Å². The number of methoxy groups -OCH3 is 1. The lowest BCUT2D eigenvalue weighted by atomic mass is 9.68. The predicted molar refractivity (Wildman–Crippen MR) is 99.6 cm³/mol. The number of para-hydroxylation sites is 1. The standard InChI is InChI=1S/C22H23NO2/c1-23-17-11-7-6-10-15(17)18-16-12-13-25-21(16)19(18)22(24-2)20(23)14-8-4-3-5-9-14/h3-11,16,20-22H,12-13H2,1-2H3/t16-,20+,21-,22-/m1/s1. The van der Waals surface area contributed by atoms with Gasteiger partial charge in [0.15, 0.2) is 0 Å². The Kier molecular flexibility index (Phi) is 3.47. The second kappa shape index (κ2) is 5.72. The van der Waals surface area contributed by atoms with Gasteiger partial charge in [0.25, 0.3) is 0 Å². The highest BCUT2D eigenvalue weighted by Gasteiger charge is 2.52. The summed E-state index contributed by atoms with van der Waals surface area (Å²) in [6.45, 7) is 0.854. The molecule has 1 aliphatic carbocycles. The molecule has 0 spiro atoms. The largest absolute Gasteiger partial charge is 0.374 e. The Hall–Kier alpha value is -2.10. The number of ether oxygens (including phenoxy) is 2. The Morgan fingerprint density at radius 1 is 1.04 bits per heavy atom. The Morgan fingerprint density at radius 2 is 1.80 bits per heavy atom. The lowest BCUT2D eigenvalue weighted by molar-refractivity contribution is 0.0515. The van der Waals surface area contributed by atoms with Gasteiger partial charge in [-0.2, -0.15) is 0 Å². The second-order valence-corrected chi connectivity index (χ2v) is 7.20. The van der Waals surface area contributed by atoms with Crippen LogP contribution in [0.15, 0.2) is 60.2 Å². The monoisotopic (exact) mass is 333 g/mol. The molecule has 0 radical (unpaired) electrons. The van der Waals surface area contributed by atoms with Gasteiger partial charge >= 0.3 is 0 Å². The van der Waals surface area contributed by atoms with Crippen molar-refractivity contribution >= 4 is 11.3 Å². The van der Waals surface area contributed by atoms with Crippen LogP contribution >= 0.6 is 0 Å². The van der Waals surface area contributed by atoms with Gasteiger partial charge in [0, 0.05) is 37.9 Å². The highest BCUT2D eigenvalue weighted by molar-refractivity contribution is 5.87. The molecule has 3 nitrogen and oxygen atoms in total. The molecule has 2 aliphatic heterocycles. The van der Waals surface area contributed by atoms with E-state index >= 15 is 0 Å². The second-order valence-electron chi connectivity index (χ2n) is 7.20. The average Bonchev–Trinajstić information content (AvgIpc) is 3.02. The molecule has 0 amide bonds. The van der Waals surface area contributed by atoms with E-state index in [2.05, 4.69) is 66.5 Å². The number of likely N-dealkylation sites (N-methyl/N-ethyl adjacent to an activating group) is 1. The maximum absolute atomic E-state index is 6.10. The molecule has 0 bridgehead atoms. The van der Waals surface area contributed by atoms with Crippen molar-refractivity contribution < 1.29 is 9.47 Å². The van der Waals surface area contributed by atoms with Crippen molar-refractivity contribution in [3.8, 4) is 0 Å². The number of anilines is 1. The first-order valence-corrected chi connectivity index (χ1v) is 9.06. The van der Waals surface area contributed by atoms with Crippen LogP contribution in [-0.4, -0.2) is 33.0 Å². The van der Waals surface area contributed by atoms with E-state index in [1.54, 1.807) is 0 Å².